The molecule has 0 radical (unpaired) electrons. The van der Waals surface area contributed by atoms with E-state index in [1.54, 1.807) is 20.8 Å². The van der Waals surface area contributed by atoms with Gasteiger partial charge in [-0.2, -0.15) is 0 Å². The number of hydrogen-bond acceptors (Lipinski definition) is 3. The summed E-state index contributed by atoms with van der Waals surface area (Å²) in [5, 5.41) is 2.26. The molecule has 0 aliphatic rings. The monoisotopic (exact) mass is 233 g/mol. The van der Waals surface area contributed by atoms with E-state index >= 15 is 0 Å². The molecule has 0 unspecified atom stereocenters. The molecule has 0 aliphatic carbocycles. The van der Waals surface area contributed by atoms with Crippen LogP contribution in [0.2, 0.25) is 0 Å². The highest BCUT2D eigenvalue weighted by Crippen LogP contribution is 2.05. The molecule has 4 nitrogen and oxygen atoms in total. The van der Waals surface area contributed by atoms with Gasteiger partial charge < -0.3 is 14.8 Å². The molecule has 0 aromatic rings. The number of rotatable bonds is 2. The lowest BCUT2D eigenvalue weighted by Crippen LogP contribution is -2.33. The Balaban J connectivity index is -0.000000289. The number of nitrogens with one attached hydrogen (secondary N) is 1. The minimum Gasteiger partial charge on any atom is -0.444 e. The molecule has 0 aromatic carbocycles. The van der Waals surface area contributed by atoms with Gasteiger partial charge in [-0.05, 0) is 20.8 Å². The van der Waals surface area contributed by atoms with Crippen LogP contribution >= 0.6 is 0 Å². The predicted octanol–water partition coefficient (Wildman–Crippen LogP) is 3.15. The van der Waals surface area contributed by atoms with Crippen molar-refractivity contribution in [2.45, 2.75) is 60.5 Å². The van der Waals surface area contributed by atoms with Gasteiger partial charge in [-0.3, -0.25) is 0 Å². The largest absolute Gasteiger partial charge is 0.444 e. The van der Waals surface area contributed by atoms with Crippen LogP contribution in [0.4, 0.5) is 4.79 Å². The Kier molecular flexibility index (Phi) is 17.7. The van der Waals surface area contributed by atoms with Gasteiger partial charge in [-0.15, -0.1) is 0 Å². The molecule has 0 heterocycles. The van der Waals surface area contributed by atoms with Crippen molar-refractivity contribution in [3.8, 4) is 0 Å². The molecule has 0 bridgehead atoms. The summed E-state index contributed by atoms with van der Waals surface area (Å²) in [6.07, 6.45) is 1.29. The summed E-state index contributed by atoms with van der Waals surface area (Å²) in [4.78, 5) is 20.5. The zero-order valence-corrected chi connectivity index (χ0v) is 11.7. The SMILES string of the molecule is CC.CC(C)(C)OC(=O)NCC=O.CCC. The lowest BCUT2D eigenvalue weighted by Gasteiger charge is -2.18. The van der Waals surface area contributed by atoms with Crippen LogP contribution in [-0.4, -0.2) is 24.5 Å². The fourth-order valence-corrected chi connectivity index (χ4v) is 0.439. The normalized spacial score (nSPS) is 8.69. The van der Waals surface area contributed by atoms with Crippen molar-refractivity contribution < 1.29 is 14.3 Å². The highest BCUT2D eigenvalue weighted by molar-refractivity contribution is 5.71. The van der Waals surface area contributed by atoms with E-state index in [0.29, 0.717) is 6.29 Å². The van der Waals surface area contributed by atoms with E-state index in [4.69, 9.17) is 4.74 Å². The van der Waals surface area contributed by atoms with Crippen molar-refractivity contribution >= 4 is 12.4 Å². The van der Waals surface area contributed by atoms with Crippen molar-refractivity contribution in [3.63, 3.8) is 0 Å². The van der Waals surface area contributed by atoms with Gasteiger partial charge in [0.15, 0.2) is 0 Å². The van der Waals surface area contributed by atoms with Gasteiger partial charge in [-0.25, -0.2) is 4.79 Å². The maximum absolute atomic E-state index is 10.7. The van der Waals surface area contributed by atoms with Gasteiger partial charge in [0.05, 0.1) is 6.54 Å². The number of carbonyl (C=O) groups is 2. The maximum Gasteiger partial charge on any atom is 0.408 e. The number of amides is 1. The van der Waals surface area contributed by atoms with Gasteiger partial charge in [0.2, 0.25) is 0 Å². The van der Waals surface area contributed by atoms with Crippen molar-refractivity contribution in [1.82, 2.24) is 5.32 Å². The van der Waals surface area contributed by atoms with Crippen molar-refractivity contribution in [2.24, 2.45) is 0 Å². The summed E-state index contributed by atoms with van der Waals surface area (Å²) >= 11 is 0. The molecule has 16 heavy (non-hydrogen) atoms. The molecule has 0 aromatic heterocycles. The van der Waals surface area contributed by atoms with E-state index in [1.807, 2.05) is 13.8 Å². The molecule has 0 aliphatic heterocycles. The van der Waals surface area contributed by atoms with Gasteiger partial charge in [0.1, 0.15) is 11.9 Å². The third kappa shape index (κ3) is 29.3. The van der Waals surface area contributed by atoms with Crippen LogP contribution in [0, 0.1) is 0 Å². The molecule has 0 atom stereocenters. The van der Waals surface area contributed by atoms with Crippen LogP contribution in [0.15, 0.2) is 0 Å². The van der Waals surface area contributed by atoms with Crippen molar-refractivity contribution in [2.75, 3.05) is 6.54 Å². The highest BCUT2D eigenvalue weighted by Gasteiger charge is 2.14. The highest BCUT2D eigenvalue weighted by atomic mass is 16.6. The number of carbonyl (C=O) groups excluding carboxylic acids is 2. The second kappa shape index (κ2) is 13.9. The number of aldehydes is 1. The van der Waals surface area contributed by atoms with Crippen LogP contribution in [0.3, 0.4) is 0 Å². The lowest BCUT2D eigenvalue weighted by atomic mass is 10.2. The van der Waals surface area contributed by atoms with Crippen LogP contribution in [0.5, 0.6) is 0 Å². The predicted molar refractivity (Wildman–Crippen MR) is 67.6 cm³/mol. The van der Waals surface area contributed by atoms with E-state index in [-0.39, 0.29) is 6.54 Å². The quantitative estimate of drug-likeness (QED) is 0.745. The Morgan fingerprint density at radius 1 is 1.25 bits per heavy atom. The Morgan fingerprint density at radius 2 is 1.62 bits per heavy atom. The van der Waals surface area contributed by atoms with E-state index in [0.717, 1.165) is 0 Å². The summed E-state index contributed by atoms with van der Waals surface area (Å²) in [6, 6.07) is 0. The molecular formula is C12H27NO3. The summed E-state index contributed by atoms with van der Waals surface area (Å²) < 4.78 is 4.83. The Labute approximate surface area is 99.8 Å². The zero-order chi connectivity index (χ0) is 13.6. The molecule has 4 heteroatoms. The Bertz CT molecular complexity index is 162. The first kappa shape index (κ1) is 20.4. The molecule has 98 valence electrons. The topological polar surface area (TPSA) is 55.4 Å². The number of alkyl carbamates (subject to hydrolysis) is 1. The average molecular weight is 233 g/mol. The average Bonchev–Trinajstić information content (AvgIpc) is 2.16. The second-order valence-corrected chi connectivity index (χ2v) is 3.76. The molecule has 0 saturated carbocycles. The second-order valence-electron chi connectivity index (χ2n) is 3.76. The molecule has 0 fully saturated rings. The zero-order valence-electron chi connectivity index (χ0n) is 11.7. The summed E-state index contributed by atoms with van der Waals surface area (Å²) in [7, 11) is 0. The van der Waals surface area contributed by atoms with Gasteiger partial charge in [0, 0.05) is 0 Å². The van der Waals surface area contributed by atoms with Crippen molar-refractivity contribution in [1.29, 1.82) is 0 Å². The fraction of sp³-hybridized carbons (Fsp3) is 0.833. The number of ether oxygens (including phenoxy) is 1. The first-order valence-electron chi connectivity index (χ1n) is 5.77. The molecule has 1 N–H and O–H groups in total. The maximum atomic E-state index is 10.7. The summed E-state index contributed by atoms with van der Waals surface area (Å²) in [6.45, 7) is 13.5. The molecule has 1 amide bonds. The van der Waals surface area contributed by atoms with Crippen LogP contribution in [0.25, 0.3) is 0 Å². The molecular weight excluding hydrogens is 206 g/mol. The van der Waals surface area contributed by atoms with Gasteiger partial charge in [-0.1, -0.05) is 34.1 Å². The smallest absolute Gasteiger partial charge is 0.408 e. The van der Waals surface area contributed by atoms with Crippen LogP contribution in [0.1, 0.15) is 54.9 Å². The minimum atomic E-state index is -0.565. The molecule has 0 spiro atoms. The van der Waals surface area contributed by atoms with Gasteiger partial charge >= 0.3 is 6.09 Å². The summed E-state index contributed by atoms with van der Waals surface area (Å²) in [5.41, 5.74) is -0.507. The van der Waals surface area contributed by atoms with E-state index < -0.39 is 11.7 Å². The molecule has 0 rings (SSSR count). The Hall–Kier alpha value is -1.06. The third-order valence-electron chi connectivity index (χ3n) is 0.729. The Morgan fingerprint density at radius 3 is 1.88 bits per heavy atom. The first-order valence-corrected chi connectivity index (χ1v) is 5.77. The first-order chi connectivity index (χ1) is 7.37. The van der Waals surface area contributed by atoms with Crippen LogP contribution < -0.4 is 5.32 Å². The van der Waals surface area contributed by atoms with Crippen LogP contribution in [-0.2, 0) is 9.53 Å². The minimum absolute atomic E-state index is 0.00505. The lowest BCUT2D eigenvalue weighted by molar-refractivity contribution is -0.107. The standard InChI is InChI=1S/C7H13NO3.C3H8.C2H6/c1-7(2,3)11-6(10)8-4-5-9;1-3-2;1-2/h5H,4H2,1-3H3,(H,8,10);3H2,1-2H3;1-2H3. The van der Waals surface area contributed by atoms with E-state index in [1.165, 1.54) is 6.42 Å². The van der Waals surface area contributed by atoms with Gasteiger partial charge in [0.25, 0.3) is 0 Å². The fourth-order valence-electron chi connectivity index (χ4n) is 0.439. The van der Waals surface area contributed by atoms with Crippen molar-refractivity contribution in [3.05, 3.63) is 0 Å². The number of hydrogen-bond donors (Lipinski definition) is 1. The molecule has 0 saturated heterocycles. The summed E-state index contributed by atoms with van der Waals surface area (Å²) in [5.74, 6) is 0. The van der Waals surface area contributed by atoms with E-state index in [9.17, 15) is 9.59 Å². The van der Waals surface area contributed by atoms with E-state index in [2.05, 4.69) is 19.2 Å². The third-order valence-corrected chi connectivity index (χ3v) is 0.729.